The highest BCUT2D eigenvalue weighted by Crippen LogP contribution is 2.40. The second kappa shape index (κ2) is 7.09. The van der Waals surface area contributed by atoms with Crippen LogP contribution in [0.25, 0.3) is 0 Å². The summed E-state index contributed by atoms with van der Waals surface area (Å²) in [6, 6.07) is 15.5. The topological polar surface area (TPSA) is 58.2 Å². The summed E-state index contributed by atoms with van der Waals surface area (Å²) >= 11 is 0. The maximum atomic E-state index is 12.3. The number of nitrogens with one attached hydrogen (secondary N) is 2. The quantitative estimate of drug-likeness (QED) is 0.854. The van der Waals surface area contributed by atoms with E-state index in [1.165, 1.54) is 5.56 Å². The molecule has 1 saturated carbocycles. The first-order chi connectivity index (χ1) is 11.9. The Bertz CT molecular complexity index is 781. The van der Waals surface area contributed by atoms with Crippen molar-refractivity contribution in [2.45, 2.75) is 33.1 Å². The fourth-order valence-corrected chi connectivity index (χ4v) is 2.92. The first-order valence-corrected chi connectivity index (χ1v) is 8.72. The van der Waals surface area contributed by atoms with Crippen LogP contribution in [0.2, 0.25) is 0 Å². The monoisotopic (exact) mass is 336 g/mol. The Labute approximate surface area is 148 Å². The van der Waals surface area contributed by atoms with Crippen molar-refractivity contribution >= 4 is 23.2 Å². The summed E-state index contributed by atoms with van der Waals surface area (Å²) in [4.78, 5) is 24.6. The SMILES string of the molecule is Cc1cccc(NC(=O)C2CC2C(=O)Nc2ccc(C(C)C)cc2)c1. The smallest absolute Gasteiger partial charge is 0.228 e. The van der Waals surface area contributed by atoms with Crippen LogP contribution in [0.3, 0.4) is 0 Å². The third kappa shape index (κ3) is 4.27. The molecular formula is C21H24N2O2. The fourth-order valence-electron chi connectivity index (χ4n) is 2.92. The number of rotatable bonds is 5. The Balaban J connectivity index is 1.54. The van der Waals surface area contributed by atoms with Crippen LogP contribution in [0.1, 0.15) is 37.3 Å². The molecule has 0 heterocycles. The third-order valence-corrected chi connectivity index (χ3v) is 4.59. The predicted octanol–water partition coefficient (Wildman–Crippen LogP) is 4.33. The van der Waals surface area contributed by atoms with E-state index in [0.717, 1.165) is 16.9 Å². The van der Waals surface area contributed by atoms with Gasteiger partial charge < -0.3 is 10.6 Å². The molecule has 0 aromatic heterocycles. The van der Waals surface area contributed by atoms with Gasteiger partial charge in [0.1, 0.15) is 0 Å². The molecular weight excluding hydrogens is 312 g/mol. The lowest BCUT2D eigenvalue weighted by atomic mass is 10.0. The summed E-state index contributed by atoms with van der Waals surface area (Å²) in [5.41, 5.74) is 3.88. The fraction of sp³-hybridized carbons (Fsp3) is 0.333. The Hall–Kier alpha value is -2.62. The van der Waals surface area contributed by atoms with Crippen LogP contribution >= 0.6 is 0 Å². The van der Waals surface area contributed by atoms with Crippen molar-refractivity contribution in [1.29, 1.82) is 0 Å². The van der Waals surface area contributed by atoms with Crippen LogP contribution in [0.4, 0.5) is 11.4 Å². The molecule has 1 aliphatic carbocycles. The van der Waals surface area contributed by atoms with E-state index in [2.05, 4.69) is 24.5 Å². The summed E-state index contributed by atoms with van der Waals surface area (Å²) in [6.07, 6.45) is 0.605. The molecule has 4 heteroatoms. The van der Waals surface area contributed by atoms with Crippen LogP contribution in [-0.4, -0.2) is 11.8 Å². The van der Waals surface area contributed by atoms with Gasteiger partial charge in [0.15, 0.2) is 0 Å². The van der Waals surface area contributed by atoms with Crippen molar-refractivity contribution in [3.05, 3.63) is 59.7 Å². The van der Waals surface area contributed by atoms with Crippen LogP contribution in [0.15, 0.2) is 48.5 Å². The van der Waals surface area contributed by atoms with Crippen LogP contribution < -0.4 is 10.6 Å². The summed E-state index contributed by atoms with van der Waals surface area (Å²) in [5.74, 6) is -0.185. The van der Waals surface area contributed by atoms with E-state index in [0.29, 0.717) is 12.3 Å². The molecule has 2 unspecified atom stereocenters. The van der Waals surface area contributed by atoms with Crippen molar-refractivity contribution in [2.24, 2.45) is 11.8 Å². The minimum Gasteiger partial charge on any atom is -0.326 e. The van der Waals surface area contributed by atoms with E-state index < -0.39 is 0 Å². The van der Waals surface area contributed by atoms with Crippen LogP contribution in [0.5, 0.6) is 0 Å². The third-order valence-electron chi connectivity index (χ3n) is 4.59. The predicted molar refractivity (Wildman–Crippen MR) is 101 cm³/mol. The molecule has 2 aromatic carbocycles. The number of carbonyl (C=O) groups excluding carboxylic acids is 2. The molecule has 0 radical (unpaired) electrons. The van der Waals surface area contributed by atoms with Gasteiger partial charge in [-0.3, -0.25) is 9.59 Å². The van der Waals surface area contributed by atoms with E-state index in [1.54, 1.807) is 0 Å². The normalized spacial score (nSPS) is 18.7. The lowest BCUT2D eigenvalue weighted by Gasteiger charge is -2.09. The molecule has 3 rings (SSSR count). The highest BCUT2D eigenvalue weighted by Gasteiger charge is 2.48. The maximum absolute atomic E-state index is 12.3. The number of benzene rings is 2. The van der Waals surface area contributed by atoms with Gasteiger partial charge in [0.25, 0.3) is 0 Å². The average molecular weight is 336 g/mol. The van der Waals surface area contributed by atoms with E-state index in [-0.39, 0.29) is 23.7 Å². The molecule has 25 heavy (non-hydrogen) atoms. The molecule has 0 saturated heterocycles. The van der Waals surface area contributed by atoms with E-state index in [4.69, 9.17) is 0 Å². The zero-order chi connectivity index (χ0) is 18.0. The number of hydrogen-bond acceptors (Lipinski definition) is 2. The molecule has 0 aliphatic heterocycles. The summed E-state index contributed by atoms with van der Waals surface area (Å²) < 4.78 is 0. The first kappa shape index (κ1) is 17.2. The lowest BCUT2D eigenvalue weighted by molar-refractivity contribution is -0.122. The molecule has 1 aliphatic rings. The number of aryl methyl sites for hydroxylation is 1. The van der Waals surface area contributed by atoms with Crippen molar-refractivity contribution in [3.8, 4) is 0 Å². The molecule has 2 atom stereocenters. The maximum Gasteiger partial charge on any atom is 0.228 e. The molecule has 130 valence electrons. The molecule has 4 nitrogen and oxygen atoms in total. The molecule has 1 fully saturated rings. The van der Waals surface area contributed by atoms with Gasteiger partial charge in [0, 0.05) is 11.4 Å². The van der Waals surface area contributed by atoms with Crippen molar-refractivity contribution in [1.82, 2.24) is 0 Å². The second-order valence-corrected chi connectivity index (χ2v) is 7.07. The van der Waals surface area contributed by atoms with Gasteiger partial charge in [-0.15, -0.1) is 0 Å². The molecule has 2 N–H and O–H groups in total. The first-order valence-electron chi connectivity index (χ1n) is 8.72. The highest BCUT2D eigenvalue weighted by atomic mass is 16.2. The van der Waals surface area contributed by atoms with E-state index in [1.807, 2.05) is 55.5 Å². The van der Waals surface area contributed by atoms with Gasteiger partial charge in [-0.1, -0.05) is 38.1 Å². The molecule has 2 amide bonds. The van der Waals surface area contributed by atoms with Crippen LogP contribution in [-0.2, 0) is 9.59 Å². The van der Waals surface area contributed by atoms with Crippen molar-refractivity contribution in [3.63, 3.8) is 0 Å². The van der Waals surface area contributed by atoms with Gasteiger partial charge in [-0.2, -0.15) is 0 Å². The summed E-state index contributed by atoms with van der Waals surface area (Å²) in [7, 11) is 0. The minimum absolute atomic E-state index is 0.0818. The molecule has 2 aromatic rings. The van der Waals surface area contributed by atoms with Gasteiger partial charge >= 0.3 is 0 Å². The number of anilines is 2. The Kier molecular flexibility index (Phi) is 4.88. The van der Waals surface area contributed by atoms with E-state index >= 15 is 0 Å². The standard InChI is InChI=1S/C21H24N2O2/c1-13(2)15-7-9-16(10-8-15)22-20(24)18-12-19(18)21(25)23-17-6-4-5-14(3)11-17/h4-11,13,18-19H,12H2,1-3H3,(H,22,24)(H,23,25). The highest BCUT2D eigenvalue weighted by molar-refractivity contribution is 6.03. The Morgan fingerprint density at radius 3 is 2.08 bits per heavy atom. The van der Waals surface area contributed by atoms with E-state index in [9.17, 15) is 9.59 Å². The number of hydrogen-bond donors (Lipinski definition) is 2. The number of amides is 2. The summed E-state index contributed by atoms with van der Waals surface area (Å²) in [6.45, 7) is 6.25. The molecule has 0 spiro atoms. The van der Waals surface area contributed by atoms with Crippen molar-refractivity contribution < 1.29 is 9.59 Å². The van der Waals surface area contributed by atoms with Gasteiger partial charge in [0.2, 0.25) is 11.8 Å². The zero-order valence-corrected chi connectivity index (χ0v) is 14.9. The van der Waals surface area contributed by atoms with Gasteiger partial charge in [-0.05, 0) is 54.7 Å². The van der Waals surface area contributed by atoms with Gasteiger partial charge in [-0.25, -0.2) is 0 Å². The second-order valence-electron chi connectivity index (χ2n) is 7.07. The average Bonchev–Trinajstić information content (AvgIpc) is 3.36. The summed E-state index contributed by atoms with van der Waals surface area (Å²) in [5, 5.41) is 5.80. The minimum atomic E-state index is -0.241. The lowest BCUT2D eigenvalue weighted by Crippen LogP contribution is -2.20. The zero-order valence-electron chi connectivity index (χ0n) is 14.9. The Morgan fingerprint density at radius 2 is 1.52 bits per heavy atom. The van der Waals surface area contributed by atoms with Crippen LogP contribution in [0, 0.1) is 18.8 Å². The Morgan fingerprint density at radius 1 is 0.920 bits per heavy atom. The largest absolute Gasteiger partial charge is 0.326 e. The van der Waals surface area contributed by atoms with Gasteiger partial charge in [0.05, 0.1) is 11.8 Å². The molecule has 0 bridgehead atoms. The number of carbonyl (C=O) groups is 2. The van der Waals surface area contributed by atoms with Crippen molar-refractivity contribution in [2.75, 3.05) is 10.6 Å².